The van der Waals surface area contributed by atoms with Crippen molar-refractivity contribution >= 4 is 11.6 Å². The fraction of sp³-hybridized carbons (Fsp3) is 0.611. The number of hydrogen-bond donors (Lipinski definition) is 2. The summed E-state index contributed by atoms with van der Waals surface area (Å²) in [6, 6.07) is 0.340. The van der Waals surface area contributed by atoms with E-state index in [4.69, 9.17) is 0 Å². The number of allylic oxidation sites excluding steroid dienone is 10. The molecule has 0 heterocycles. The Bertz CT molecular complexity index is 1120. The van der Waals surface area contributed by atoms with Crippen LogP contribution in [-0.4, -0.2) is 23.7 Å². The summed E-state index contributed by atoms with van der Waals surface area (Å²) < 4.78 is 0. The smallest absolute Gasteiger partial charge is 0.191 e. The molecule has 3 aliphatic rings. The quantitative estimate of drug-likeness (QED) is 0.317. The van der Waals surface area contributed by atoms with Crippen molar-refractivity contribution < 1.29 is 26.4 Å². The molecule has 229 valence electrons. The minimum Gasteiger partial charge on any atom is -0.386 e. The van der Waals surface area contributed by atoms with Crippen molar-refractivity contribution in [3.8, 4) is 0 Å². The minimum absolute atomic E-state index is 0. The van der Waals surface area contributed by atoms with E-state index in [9.17, 15) is 9.59 Å². The van der Waals surface area contributed by atoms with Crippen molar-refractivity contribution in [3.63, 3.8) is 0 Å². The average Bonchev–Trinajstić information content (AvgIpc) is 2.80. The SMILES string of the molecule is CC(C)(C)C1=C/C(=C/N[C@H]2CCCC[C@@H]2N/C=C2/C=C(C(C)(C)C)C=C(C(C)(C)C)C2=O)C(=O)C(C(C)(C)C)=C1.[Co]. The molecule has 0 unspecified atom stereocenters. The van der Waals surface area contributed by atoms with Crippen LogP contribution in [0, 0.1) is 21.7 Å². The topological polar surface area (TPSA) is 58.2 Å². The van der Waals surface area contributed by atoms with Gasteiger partial charge < -0.3 is 10.6 Å². The molecule has 41 heavy (non-hydrogen) atoms. The van der Waals surface area contributed by atoms with Crippen molar-refractivity contribution in [3.05, 3.63) is 70.1 Å². The number of rotatable bonds is 4. The van der Waals surface area contributed by atoms with Crippen LogP contribution in [0.1, 0.15) is 109 Å². The number of nitrogens with one attached hydrogen (secondary N) is 2. The number of hydrogen-bond acceptors (Lipinski definition) is 4. The van der Waals surface area contributed by atoms with Crippen LogP contribution in [-0.2, 0) is 26.4 Å². The molecule has 3 aliphatic carbocycles. The van der Waals surface area contributed by atoms with Gasteiger partial charge in [-0.3, -0.25) is 9.59 Å². The zero-order chi connectivity index (χ0) is 30.3. The van der Waals surface area contributed by atoms with Gasteiger partial charge in [-0.1, -0.05) is 108 Å². The first kappa shape index (κ1) is 35.1. The Morgan fingerprint density at radius 1 is 0.561 bits per heavy atom. The van der Waals surface area contributed by atoms with Crippen molar-refractivity contribution in [1.82, 2.24) is 10.6 Å². The molecule has 0 aliphatic heterocycles. The zero-order valence-electron chi connectivity index (χ0n) is 27.6. The van der Waals surface area contributed by atoms with Gasteiger partial charge in [0.1, 0.15) is 0 Å². The van der Waals surface area contributed by atoms with Crippen molar-refractivity contribution in [1.29, 1.82) is 0 Å². The molecule has 4 nitrogen and oxygen atoms in total. The summed E-state index contributed by atoms with van der Waals surface area (Å²) in [7, 11) is 0. The van der Waals surface area contributed by atoms with E-state index in [2.05, 4.69) is 118 Å². The minimum atomic E-state index is -0.228. The van der Waals surface area contributed by atoms with Gasteiger partial charge in [-0.05, 0) is 57.8 Å². The van der Waals surface area contributed by atoms with Crippen LogP contribution < -0.4 is 10.6 Å². The molecule has 0 spiro atoms. The van der Waals surface area contributed by atoms with E-state index < -0.39 is 0 Å². The Hall–Kier alpha value is -2.11. The van der Waals surface area contributed by atoms with Crippen LogP contribution >= 0.6 is 0 Å². The molecule has 0 aromatic heterocycles. The molecule has 0 saturated heterocycles. The summed E-state index contributed by atoms with van der Waals surface area (Å²) in [5.74, 6) is 0.203. The molecule has 5 heteroatoms. The largest absolute Gasteiger partial charge is 0.386 e. The normalized spacial score (nSPS) is 24.8. The average molecular weight is 606 g/mol. The first-order valence-electron chi connectivity index (χ1n) is 15.1. The fourth-order valence-electron chi connectivity index (χ4n) is 5.42. The maximum atomic E-state index is 13.5. The zero-order valence-corrected chi connectivity index (χ0v) is 28.6. The maximum Gasteiger partial charge on any atom is 0.191 e. The molecule has 2 atom stereocenters. The van der Waals surface area contributed by atoms with E-state index in [0.29, 0.717) is 0 Å². The molecule has 0 aromatic carbocycles. The number of Topliss-reactive ketones (excluding diaryl/α,β-unsaturated/α-hetero) is 2. The van der Waals surface area contributed by atoms with Gasteiger partial charge in [0.2, 0.25) is 0 Å². The molecule has 1 radical (unpaired) electrons. The summed E-state index contributed by atoms with van der Waals surface area (Å²) in [5, 5.41) is 7.25. The van der Waals surface area contributed by atoms with E-state index in [1.54, 1.807) is 0 Å². The molecular formula is C36H54CoN2O2. The molecule has 2 N–H and O–H groups in total. The van der Waals surface area contributed by atoms with Gasteiger partial charge in [-0.15, -0.1) is 0 Å². The van der Waals surface area contributed by atoms with Gasteiger partial charge in [0.25, 0.3) is 0 Å². The second-order valence-corrected chi connectivity index (χ2v) is 16.0. The van der Waals surface area contributed by atoms with Gasteiger partial charge in [-0.25, -0.2) is 0 Å². The first-order chi connectivity index (χ1) is 18.2. The monoisotopic (exact) mass is 605 g/mol. The van der Waals surface area contributed by atoms with E-state index in [1.807, 2.05) is 12.4 Å². The molecule has 0 aromatic rings. The second-order valence-electron chi connectivity index (χ2n) is 16.0. The molecule has 1 fully saturated rings. The number of ketones is 2. The predicted molar refractivity (Wildman–Crippen MR) is 169 cm³/mol. The van der Waals surface area contributed by atoms with Gasteiger partial charge >= 0.3 is 0 Å². The Kier molecular flexibility index (Phi) is 10.8. The Morgan fingerprint density at radius 3 is 1.15 bits per heavy atom. The van der Waals surface area contributed by atoms with Crippen molar-refractivity contribution in [2.75, 3.05) is 0 Å². The van der Waals surface area contributed by atoms with E-state index in [1.165, 1.54) is 11.1 Å². The van der Waals surface area contributed by atoms with Crippen LogP contribution in [0.2, 0.25) is 0 Å². The molecular weight excluding hydrogens is 551 g/mol. The standard InChI is InChI=1S/C36H54N2O2.Co/c1-33(2,3)25-17-23(31(39)27(19-25)35(7,8)9)21-37-29-15-13-14-16-30(29)38-22-24-18-26(34(4,5)6)20-28(32(24)40)36(10,11)12;/h17-22,29-30,37-38H,13-16H2,1-12H3;/b23-21-,24-22-;/t29-,30-;/m0./s1. The third kappa shape index (κ3) is 8.70. The summed E-state index contributed by atoms with van der Waals surface area (Å²) in [6.45, 7) is 25.8. The first-order valence-corrected chi connectivity index (χ1v) is 15.1. The van der Waals surface area contributed by atoms with Gasteiger partial charge in [0, 0.05) is 63.6 Å². The van der Waals surface area contributed by atoms with Gasteiger partial charge in [0.05, 0.1) is 0 Å². The molecule has 3 rings (SSSR count). The summed E-state index contributed by atoms with van der Waals surface area (Å²) in [4.78, 5) is 27.0. The second kappa shape index (κ2) is 12.6. The number of carbonyl (C=O) groups is 2. The number of carbonyl (C=O) groups excluding carboxylic acids is 2. The molecule has 1 saturated carbocycles. The molecule has 0 bridgehead atoms. The molecule has 0 amide bonds. The summed E-state index contributed by atoms with van der Waals surface area (Å²) >= 11 is 0. The van der Waals surface area contributed by atoms with E-state index in [-0.39, 0.29) is 62.1 Å². The van der Waals surface area contributed by atoms with E-state index in [0.717, 1.165) is 48.0 Å². The maximum absolute atomic E-state index is 13.5. The van der Waals surface area contributed by atoms with Crippen LogP contribution in [0.5, 0.6) is 0 Å². The fourth-order valence-corrected chi connectivity index (χ4v) is 5.42. The van der Waals surface area contributed by atoms with Crippen LogP contribution in [0.4, 0.5) is 0 Å². The summed E-state index contributed by atoms with van der Waals surface area (Å²) in [5.41, 5.74) is 4.95. The van der Waals surface area contributed by atoms with Gasteiger partial charge in [0.15, 0.2) is 11.6 Å². The summed E-state index contributed by atoms with van der Waals surface area (Å²) in [6.07, 6.45) is 16.5. The van der Waals surface area contributed by atoms with Crippen molar-refractivity contribution in [2.24, 2.45) is 21.7 Å². The Morgan fingerprint density at radius 2 is 0.878 bits per heavy atom. The van der Waals surface area contributed by atoms with Crippen molar-refractivity contribution in [2.45, 2.75) is 121 Å². The van der Waals surface area contributed by atoms with Gasteiger partial charge in [-0.2, -0.15) is 0 Å². The van der Waals surface area contributed by atoms with Crippen LogP contribution in [0.15, 0.2) is 70.1 Å². The predicted octanol–water partition coefficient (Wildman–Crippen LogP) is 8.30. The Balaban J connectivity index is 0.00000588. The van der Waals surface area contributed by atoms with E-state index >= 15 is 0 Å². The Labute approximate surface area is 260 Å². The van der Waals surface area contributed by atoms with Crippen LogP contribution in [0.25, 0.3) is 0 Å². The third-order valence-electron chi connectivity index (χ3n) is 8.26. The van der Waals surface area contributed by atoms with Crippen LogP contribution in [0.3, 0.4) is 0 Å². The third-order valence-corrected chi connectivity index (χ3v) is 8.26.